The molecule has 6 heteroatoms. The van der Waals surface area contributed by atoms with Crippen LogP contribution in [0.1, 0.15) is 66.9 Å². The maximum absolute atomic E-state index is 12.4. The summed E-state index contributed by atoms with van der Waals surface area (Å²) in [6, 6.07) is 7.58. The summed E-state index contributed by atoms with van der Waals surface area (Å²) in [6.45, 7) is 15.0. The monoisotopic (exact) mass is 440 g/mol. The van der Waals surface area contributed by atoms with Gasteiger partial charge >= 0.3 is 7.60 Å². The van der Waals surface area contributed by atoms with Crippen molar-refractivity contribution >= 4 is 13.7 Å². The number of hydrogen-bond acceptors (Lipinski definition) is 5. The third-order valence-electron chi connectivity index (χ3n) is 5.29. The van der Waals surface area contributed by atoms with Crippen LogP contribution >= 0.6 is 7.60 Å². The summed E-state index contributed by atoms with van der Waals surface area (Å²) in [5.74, 6) is 1.09. The molecular weight excluding hydrogens is 399 g/mol. The summed E-state index contributed by atoms with van der Waals surface area (Å²) in [7, 11) is -3.22. The van der Waals surface area contributed by atoms with Gasteiger partial charge < -0.3 is 18.9 Å². The Morgan fingerprint density at radius 1 is 1.07 bits per heavy atom. The Labute approximate surface area is 183 Å². The van der Waals surface area contributed by atoms with E-state index in [1.54, 1.807) is 13.8 Å². The fourth-order valence-corrected chi connectivity index (χ4v) is 4.97. The lowest BCUT2D eigenvalue weighted by atomic mass is 9.72. The van der Waals surface area contributed by atoms with Gasteiger partial charge in [-0.1, -0.05) is 65.3 Å². The molecule has 1 aromatic rings. The zero-order valence-corrected chi connectivity index (χ0v) is 20.7. The highest BCUT2D eigenvalue weighted by molar-refractivity contribution is 7.53. The number of allylic oxidation sites excluding steroid dienone is 1. The second-order valence-corrected chi connectivity index (χ2v) is 10.8. The summed E-state index contributed by atoms with van der Waals surface area (Å²) in [6.07, 6.45) is 5.53. The molecule has 0 spiro atoms. The molecule has 30 heavy (non-hydrogen) atoms. The first-order valence-corrected chi connectivity index (χ1v) is 12.7. The summed E-state index contributed by atoms with van der Waals surface area (Å²) in [5, 5.41) is 10.8. The Morgan fingerprint density at radius 2 is 1.63 bits per heavy atom. The molecule has 172 valence electrons. The number of aliphatic hydroxyl groups is 1. The van der Waals surface area contributed by atoms with Gasteiger partial charge in [0.25, 0.3) is 0 Å². The minimum absolute atomic E-state index is 0.0935. The highest BCUT2D eigenvalue weighted by Crippen LogP contribution is 2.47. The third-order valence-corrected chi connectivity index (χ3v) is 7.04. The van der Waals surface area contributed by atoms with E-state index in [0.717, 1.165) is 18.4 Å². The molecule has 0 bridgehead atoms. The molecule has 1 rings (SSSR count). The average Bonchev–Trinajstić information content (AvgIpc) is 2.67. The molecule has 3 atom stereocenters. The molecular formula is C24H41O5P. The van der Waals surface area contributed by atoms with E-state index in [4.69, 9.17) is 13.8 Å². The SMILES string of the molecule is CCOP(=O)(COc1ccc(/C=C/C[C@@H](C)[C@@H](O)[C@@H](CC)C(C)(C)C)cc1)OCC. The maximum Gasteiger partial charge on any atom is 0.367 e. The van der Waals surface area contributed by atoms with Crippen molar-refractivity contribution in [3.05, 3.63) is 35.9 Å². The van der Waals surface area contributed by atoms with Crippen molar-refractivity contribution < 1.29 is 23.5 Å². The van der Waals surface area contributed by atoms with E-state index in [0.29, 0.717) is 19.0 Å². The van der Waals surface area contributed by atoms with Crippen LogP contribution in [0.15, 0.2) is 30.3 Å². The van der Waals surface area contributed by atoms with Crippen LogP contribution in [-0.4, -0.2) is 30.8 Å². The average molecular weight is 441 g/mol. The van der Waals surface area contributed by atoms with Crippen molar-refractivity contribution in [3.8, 4) is 5.75 Å². The zero-order chi connectivity index (χ0) is 22.8. The fourth-order valence-electron chi connectivity index (χ4n) is 3.65. The topological polar surface area (TPSA) is 65.0 Å². The van der Waals surface area contributed by atoms with E-state index >= 15 is 0 Å². The Kier molecular flexibility index (Phi) is 11.4. The van der Waals surface area contributed by atoms with Crippen molar-refractivity contribution in [2.45, 2.75) is 67.4 Å². The van der Waals surface area contributed by atoms with Gasteiger partial charge in [0.1, 0.15) is 5.75 Å². The van der Waals surface area contributed by atoms with E-state index < -0.39 is 7.60 Å². The minimum atomic E-state index is -3.22. The number of hydrogen-bond donors (Lipinski definition) is 1. The molecule has 0 aliphatic rings. The number of ether oxygens (including phenoxy) is 1. The highest BCUT2D eigenvalue weighted by atomic mass is 31.2. The highest BCUT2D eigenvalue weighted by Gasteiger charge is 2.32. The van der Waals surface area contributed by atoms with Crippen LogP contribution in [-0.2, 0) is 13.6 Å². The van der Waals surface area contributed by atoms with Crippen LogP contribution in [0.2, 0.25) is 0 Å². The standard InChI is InChI=1S/C24H41O5P/c1-8-22(24(5,6)7)23(25)19(4)12-11-13-20-14-16-21(17-15-20)27-18-30(26,28-9-2)29-10-3/h11,13-17,19,22-23,25H,8-10,12,18H2,1-7H3/b13-11+/t19-,22-,23-/m1/s1. The van der Waals surface area contributed by atoms with Crippen LogP contribution in [0.4, 0.5) is 0 Å². The number of aliphatic hydroxyl groups excluding tert-OH is 1. The molecule has 0 radical (unpaired) electrons. The summed E-state index contributed by atoms with van der Waals surface area (Å²) in [5.41, 5.74) is 1.14. The molecule has 0 fully saturated rings. The second kappa shape index (κ2) is 12.7. The van der Waals surface area contributed by atoms with E-state index in [1.165, 1.54) is 0 Å². The quantitative estimate of drug-likeness (QED) is 0.343. The van der Waals surface area contributed by atoms with Crippen LogP contribution < -0.4 is 4.74 Å². The van der Waals surface area contributed by atoms with Crippen LogP contribution in [0, 0.1) is 17.3 Å². The van der Waals surface area contributed by atoms with Gasteiger partial charge in [-0.3, -0.25) is 4.57 Å². The van der Waals surface area contributed by atoms with E-state index in [-0.39, 0.29) is 29.7 Å². The van der Waals surface area contributed by atoms with Crippen molar-refractivity contribution in [2.24, 2.45) is 17.3 Å². The largest absolute Gasteiger partial charge is 0.481 e. The maximum atomic E-state index is 12.4. The Hall–Kier alpha value is -1.13. The molecule has 0 saturated carbocycles. The van der Waals surface area contributed by atoms with Crippen molar-refractivity contribution in [2.75, 3.05) is 19.6 Å². The number of benzene rings is 1. The molecule has 1 aromatic carbocycles. The van der Waals surface area contributed by atoms with Gasteiger partial charge in [0.05, 0.1) is 19.3 Å². The first-order valence-electron chi connectivity index (χ1n) is 11.0. The summed E-state index contributed by atoms with van der Waals surface area (Å²) in [4.78, 5) is 0. The smallest absolute Gasteiger partial charge is 0.367 e. The van der Waals surface area contributed by atoms with E-state index in [1.807, 2.05) is 24.3 Å². The Bertz CT molecular complexity index is 668. The van der Waals surface area contributed by atoms with Gasteiger partial charge in [-0.15, -0.1) is 0 Å². The summed E-state index contributed by atoms with van der Waals surface area (Å²) >= 11 is 0. The molecule has 5 nitrogen and oxygen atoms in total. The molecule has 0 unspecified atom stereocenters. The third kappa shape index (κ3) is 8.93. The molecule has 0 aromatic heterocycles. The first-order chi connectivity index (χ1) is 14.1. The first kappa shape index (κ1) is 26.9. The van der Waals surface area contributed by atoms with Gasteiger partial charge in [-0.2, -0.15) is 0 Å². The van der Waals surface area contributed by atoms with E-state index in [2.05, 4.69) is 46.8 Å². The fraction of sp³-hybridized carbons (Fsp3) is 0.667. The predicted molar refractivity (Wildman–Crippen MR) is 125 cm³/mol. The van der Waals surface area contributed by atoms with Crippen molar-refractivity contribution in [1.29, 1.82) is 0 Å². The molecule has 0 saturated heterocycles. The zero-order valence-electron chi connectivity index (χ0n) is 19.8. The van der Waals surface area contributed by atoms with Gasteiger partial charge in [0, 0.05) is 0 Å². The molecule has 0 aliphatic heterocycles. The van der Waals surface area contributed by atoms with Crippen molar-refractivity contribution in [3.63, 3.8) is 0 Å². The van der Waals surface area contributed by atoms with Gasteiger partial charge in [0.2, 0.25) is 0 Å². The summed E-state index contributed by atoms with van der Waals surface area (Å²) < 4.78 is 28.5. The Morgan fingerprint density at radius 3 is 2.10 bits per heavy atom. The lowest BCUT2D eigenvalue weighted by Gasteiger charge is -2.36. The molecule has 0 aliphatic carbocycles. The van der Waals surface area contributed by atoms with Crippen LogP contribution in [0.5, 0.6) is 5.75 Å². The predicted octanol–water partition coefficient (Wildman–Crippen LogP) is 6.76. The van der Waals surface area contributed by atoms with Crippen LogP contribution in [0.25, 0.3) is 6.08 Å². The van der Waals surface area contributed by atoms with Crippen LogP contribution in [0.3, 0.4) is 0 Å². The Balaban J connectivity index is 2.61. The minimum Gasteiger partial charge on any atom is -0.481 e. The second-order valence-electron chi connectivity index (χ2n) is 8.78. The number of rotatable bonds is 13. The van der Waals surface area contributed by atoms with Gasteiger partial charge in [0.15, 0.2) is 6.35 Å². The molecule has 0 amide bonds. The van der Waals surface area contributed by atoms with Gasteiger partial charge in [-0.05, 0) is 55.2 Å². The molecule has 0 heterocycles. The lowest BCUT2D eigenvalue weighted by Crippen LogP contribution is -2.35. The van der Waals surface area contributed by atoms with E-state index in [9.17, 15) is 9.67 Å². The normalized spacial score (nSPS) is 15.9. The molecule has 1 N–H and O–H groups in total. The lowest BCUT2D eigenvalue weighted by molar-refractivity contribution is 0.00401. The van der Waals surface area contributed by atoms with Gasteiger partial charge in [-0.25, -0.2) is 0 Å². The van der Waals surface area contributed by atoms with Crippen molar-refractivity contribution in [1.82, 2.24) is 0 Å².